The zero-order chi connectivity index (χ0) is 17.9. The lowest BCUT2D eigenvalue weighted by Gasteiger charge is -2.35. The lowest BCUT2D eigenvalue weighted by atomic mass is 10.1. The first-order valence-corrected chi connectivity index (χ1v) is 8.45. The molecule has 0 bridgehead atoms. The first-order chi connectivity index (χ1) is 12.7. The minimum Gasteiger partial charge on any atom is -0.444 e. The van der Waals surface area contributed by atoms with Crippen molar-refractivity contribution in [3.8, 4) is 11.5 Å². The Balaban J connectivity index is 0.00000140. The molecule has 1 unspecified atom stereocenters. The maximum Gasteiger partial charge on any atom is 0.226 e. The number of rotatable bonds is 4. The van der Waals surface area contributed by atoms with E-state index in [0.29, 0.717) is 12.1 Å². The van der Waals surface area contributed by atoms with Crippen LogP contribution in [0.3, 0.4) is 0 Å². The Hall–Kier alpha value is -2.06. The lowest BCUT2D eigenvalue weighted by Crippen LogP contribution is -2.45. The molecule has 1 aliphatic rings. The van der Waals surface area contributed by atoms with Crippen LogP contribution in [0.2, 0.25) is 0 Å². The molecule has 0 aliphatic carbocycles. The molecule has 3 aromatic rings. The highest BCUT2D eigenvalue weighted by Crippen LogP contribution is 2.25. The molecular formula is C19H20Cl2F2N4O. The van der Waals surface area contributed by atoms with Gasteiger partial charge in [-0.25, -0.2) is 13.8 Å². The predicted octanol–water partition coefficient (Wildman–Crippen LogP) is 4.00. The van der Waals surface area contributed by atoms with Gasteiger partial charge < -0.3 is 9.73 Å². The Labute approximate surface area is 174 Å². The van der Waals surface area contributed by atoms with Crippen LogP contribution < -0.4 is 5.32 Å². The molecule has 1 saturated heterocycles. The molecule has 1 aliphatic heterocycles. The summed E-state index contributed by atoms with van der Waals surface area (Å²) >= 11 is 0. The van der Waals surface area contributed by atoms with Gasteiger partial charge in [0.05, 0.1) is 5.69 Å². The topological polar surface area (TPSA) is 54.2 Å². The summed E-state index contributed by atoms with van der Waals surface area (Å²) in [5.41, 5.74) is 2.31. The quantitative estimate of drug-likeness (QED) is 0.680. The second kappa shape index (κ2) is 9.93. The van der Waals surface area contributed by atoms with E-state index < -0.39 is 11.6 Å². The van der Waals surface area contributed by atoms with Crippen molar-refractivity contribution in [1.82, 2.24) is 20.2 Å². The number of halogens is 4. The summed E-state index contributed by atoms with van der Waals surface area (Å²) in [5.74, 6) is -1.52. The van der Waals surface area contributed by atoms with Gasteiger partial charge in [-0.3, -0.25) is 9.88 Å². The average molecular weight is 429 g/mol. The zero-order valence-electron chi connectivity index (χ0n) is 14.8. The van der Waals surface area contributed by atoms with Crippen LogP contribution in [0, 0.1) is 11.6 Å². The Morgan fingerprint density at radius 1 is 1.18 bits per heavy atom. The first kappa shape index (κ1) is 22.2. The molecule has 2 aromatic heterocycles. The van der Waals surface area contributed by atoms with Crippen LogP contribution in [0.25, 0.3) is 11.5 Å². The highest BCUT2D eigenvalue weighted by molar-refractivity contribution is 5.85. The summed E-state index contributed by atoms with van der Waals surface area (Å²) in [6.45, 7) is 3.20. The smallest absolute Gasteiger partial charge is 0.226 e. The second-order valence-electron chi connectivity index (χ2n) is 6.25. The number of hydrogen-bond donors (Lipinski definition) is 1. The number of nitrogens with one attached hydrogen (secondary N) is 1. The van der Waals surface area contributed by atoms with Crippen LogP contribution in [-0.4, -0.2) is 34.5 Å². The van der Waals surface area contributed by atoms with Crippen molar-refractivity contribution in [2.75, 3.05) is 19.6 Å². The summed E-state index contributed by atoms with van der Waals surface area (Å²) < 4.78 is 32.0. The number of piperazine rings is 1. The van der Waals surface area contributed by atoms with E-state index >= 15 is 0 Å². The number of benzene rings is 1. The van der Waals surface area contributed by atoms with Crippen LogP contribution in [0.1, 0.15) is 17.3 Å². The summed E-state index contributed by atoms with van der Waals surface area (Å²) in [7, 11) is 0. The van der Waals surface area contributed by atoms with Crippen molar-refractivity contribution in [2.45, 2.75) is 12.6 Å². The molecule has 1 N–H and O–H groups in total. The average Bonchev–Trinajstić information content (AvgIpc) is 3.14. The van der Waals surface area contributed by atoms with Gasteiger partial charge >= 0.3 is 0 Å². The zero-order valence-corrected chi connectivity index (χ0v) is 16.5. The van der Waals surface area contributed by atoms with Gasteiger partial charge in [-0.2, -0.15) is 0 Å². The predicted molar refractivity (Wildman–Crippen MR) is 107 cm³/mol. The third-order valence-electron chi connectivity index (χ3n) is 4.51. The summed E-state index contributed by atoms with van der Waals surface area (Å²) in [4.78, 5) is 11.0. The lowest BCUT2D eigenvalue weighted by molar-refractivity contribution is 0.151. The minimum atomic E-state index is -0.916. The Bertz CT molecular complexity index is 895. The summed E-state index contributed by atoms with van der Waals surface area (Å²) in [6.07, 6.45) is 5.20. The van der Waals surface area contributed by atoms with Crippen molar-refractivity contribution >= 4 is 24.8 Å². The fourth-order valence-corrected chi connectivity index (χ4v) is 3.19. The van der Waals surface area contributed by atoms with Gasteiger partial charge in [0.1, 0.15) is 6.26 Å². The van der Waals surface area contributed by atoms with Crippen molar-refractivity contribution in [2.24, 2.45) is 0 Å². The third kappa shape index (κ3) is 4.86. The van der Waals surface area contributed by atoms with Gasteiger partial charge in [0.25, 0.3) is 0 Å². The molecule has 28 heavy (non-hydrogen) atoms. The van der Waals surface area contributed by atoms with Crippen LogP contribution in [0.5, 0.6) is 0 Å². The number of aromatic nitrogens is 2. The van der Waals surface area contributed by atoms with Crippen LogP contribution in [-0.2, 0) is 6.54 Å². The fraction of sp³-hybridized carbons (Fsp3) is 0.263. The molecule has 4 rings (SSSR count). The maximum atomic E-state index is 13.4. The van der Waals surface area contributed by atoms with E-state index in [1.807, 2.05) is 12.3 Å². The molecule has 150 valence electrons. The normalized spacial score (nSPS) is 16.9. The highest BCUT2D eigenvalue weighted by atomic mass is 35.5. The van der Waals surface area contributed by atoms with E-state index in [4.69, 9.17) is 4.42 Å². The van der Waals surface area contributed by atoms with E-state index in [9.17, 15) is 8.78 Å². The summed E-state index contributed by atoms with van der Waals surface area (Å²) in [6, 6.07) is 7.81. The Morgan fingerprint density at radius 2 is 2.04 bits per heavy atom. The van der Waals surface area contributed by atoms with Crippen molar-refractivity contribution in [1.29, 1.82) is 0 Å². The SMILES string of the molecule is Cl.Cl.Fc1ccc(-c2nc(CN3CCNCC3c3cccnc3)co2)cc1F. The third-order valence-corrected chi connectivity index (χ3v) is 4.51. The largest absolute Gasteiger partial charge is 0.444 e. The van der Waals surface area contributed by atoms with Gasteiger partial charge in [0.2, 0.25) is 5.89 Å². The minimum absolute atomic E-state index is 0. The molecule has 0 radical (unpaired) electrons. The first-order valence-electron chi connectivity index (χ1n) is 8.45. The van der Waals surface area contributed by atoms with E-state index in [1.165, 1.54) is 6.07 Å². The molecule has 0 amide bonds. The van der Waals surface area contributed by atoms with Crippen LogP contribution >= 0.6 is 24.8 Å². The molecule has 3 heterocycles. The molecular weight excluding hydrogens is 409 g/mol. The number of pyridine rings is 1. The molecule has 1 aromatic carbocycles. The highest BCUT2D eigenvalue weighted by Gasteiger charge is 2.25. The molecule has 5 nitrogen and oxygen atoms in total. The number of hydrogen-bond acceptors (Lipinski definition) is 5. The van der Waals surface area contributed by atoms with Crippen molar-refractivity contribution in [3.05, 3.63) is 71.9 Å². The Morgan fingerprint density at radius 3 is 2.79 bits per heavy atom. The second-order valence-corrected chi connectivity index (χ2v) is 6.25. The van der Waals surface area contributed by atoms with E-state index in [2.05, 4.69) is 26.3 Å². The molecule has 1 atom stereocenters. The van der Waals surface area contributed by atoms with Gasteiger partial charge in [-0.15, -0.1) is 24.8 Å². The molecule has 1 fully saturated rings. The van der Waals surface area contributed by atoms with Crippen molar-refractivity contribution in [3.63, 3.8) is 0 Å². The Kier molecular flexibility index (Phi) is 7.88. The summed E-state index contributed by atoms with van der Waals surface area (Å²) in [5, 5.41) is 3.40. The van der Waals surface area contributed by atoms with Crippen molar-refractivity contribution < 1.29 is 13.2 Å². The van der Waals surface area contributed by atoms with Crippen LogP contribution in [0.4, 0.5) is 8.78 Å². The number of nitrogens with zero attached hydrogens (tertiary/aromatic N) is 3. The molecule has 0 saturated carbocycles. The van der Waals surface area contributed by atoms with E-state index in [-0.39, 0.29) is 36.7 Å². The molecule has 9 heteroatoms. The van der Waals surface area contributed by atoms with E-state index in [0.717, 1.165) is 43.0 Å². The van der Waals surface area contributed by atoms with Gasteiger partial charge in [0, 0.05) is 50.2 Å². The van der Waals surface area contributed by atoms with Crippen LogP contribution in [0.15, 0.2) is 53.4 Å². The number of oxazole rings is 1. The monoisotopic (exact) mass is 428 g/mol. The molecule has 0 spiro atoms. The van der Waals surface area contributed by atoms with Gasteiger partial charge in [0.15, 0.2) is 11.6 Å². The van der Waals surface area contributed by atoms with Gasteiger partial charge in [-0.1, -0.05) is 6.07 Å². The fourth-order valence-electron chi connectivity index (χ4n) is 3.19. The van der Waals surface area contributed by atoms with E-state index in [1.54, 1.807) is 12.5 Å². The standard InChI is InChI=1S/C19H18F2N4O.2ClH/c20-16-4-3-13(8-17(16)21)19-24-15(12-26-19)11-25-7-6-23-10-18(25)14-2-1-5-22-9-14;;/h1-5,8-9,12,18,23H,6-7,10-11H2;2*1H. The maximum absolute atomic E-state index is 13.4. The van der Waals surface area contributed by atoms with Gasteiger partial charge in [-0.05, 0) is 29.8 Å².